The molecule has 1 aliphatic rings. The van der Waals surface area contributed by atoms with Gasteiger partial charge in [0.25, 0.3) is 0 Å². The van der Waals surface area contributed by atoms with Crippen LogP contribution in [0.1, 0.15) is 44.7 Å². The van der Waals surface area contributed by atoms with Gasteiger partial charge in [-0.3, -0.25) is 9.69 Å². The highest BCUT2D eigenvalue weighted by molar-refractivity contribution is 7.07. The fraction of sp³-hybridized carbons (Fsp3) is 0.643. The normalized spacial score (nSPS) is 26.3. The number of thiophene rings is 1. The lowest BCUT2D eigenvalue weighted by molar-refractivity contribution is -0.148. The van der Waals surface area contributed by atoms with Crippen molar-refractivity contribution in [2.24, 2.45) is 5.41 Å². The van der Waals surface area contributed by atoms with Crippen LogP contribution in [0.2, 0.25) is 0 Å². The van der Waals surface area contributed by atoms with E-state index in [9.17, 15) is 9.90 Å². The molecular weight excluding hydrogens is 246 g/mol. The summed E-state index contributed by atoms with van der Waals surface area (Å²) in [5.74, 6) is -0.621. The first-order valence-electron chi connectivity index (χ1n) is 6.58. The predicted molar refractivity (Wildman–Crippen MR) is 73.9 cm³/mol. The van der Waals surface area contributed by atoms with Gasteiger partial charge in [-0.1, -0.05) is 13.3 Å². The second-order valence-corrected chi connectivity index (χ2v) is 6.07. The molecule has 1 fully saturated rings. The average molecular weight is 267 g/mol. The van der Waals surface area contributed by atoms with Gasteiger partial charge in [0.2, 0.25) is 0 Å². The van der Waals surface area contributed by atoms with Crippen LogP contribution in [0.15, 0.2) is 16.8 Å². The third-order valence-electron chi connectivity index (χ3n) is 4.14. The van der Waals surface area contributed by atoms with E-state index in [1.807, 2.05) is 0 Å². The van der Waals surface area contributed by atoms with Crippen LogP contribution >= 0.6 is 11.3 Å². The number of likely N-dealkylation sites (tertiary alicyclic amines) is 1. The minimum absolute atomic E-state index is 0.328. The first kappa shape index (κ1) is 13.6. The third-order valence-corrected chi connectivity index (χ3v) is 4.84. The largest absolute Gasteiger partial charge is 0.481 e. The highest BCUT2D eigenvalue weighted by Gasteiger charge is 2.45. The molecule has 2 atom stereocenters. The van der Waals surface area contributed by atoms with Crippen molar-refractivity contribution in [3.05, 3.63) is 22.4 Å². The maximum absolute atomic E-state index is 11.5. The molecule has 0 bridgehead atoms. The van der Waals surface area contributed by atoms with Gasteiger partial charge in [0.15, 0.2) is 0 Å². The van der Waals surface area contributed by atoms with Crippen LogP contribution in [-0.4, -0.2) is 29.1 Å². The van der Waals surface area contributed by atoms with E-state index < -0.39 is 11.4 Å². The van der Waals surface area contributed by atoms with Gasteiger partial charge in [-0.05, 0) is 48.7 Å². The summed E-state index contributed by atoms with van der Waals surface area (Å²) in [4.78, 5) is 13.9. The van der Waals surface area contributed by atoms with Crippen LogP contribution in [-0.2, 0) is 4.79 Å². The van der Waals surface area contributed by atoms with E-state index >= 15 is 0 Å². The van der Waals surface area contributed by atoms with Crippen molar-refractivity contribution < 1.29 is 9.90 Å². The van der Waals surface area contributed by atoms with Crippen molar-refractivity contribution in [1.29, 1.82) is 0 Å². The lowest BCUT2D eigenvalue weighted by Gasteiger charge is -2.27. The zero-order chi connectivity index (χ0) is 13.2. The molecule has 2 heterocycles. The maximum atomic E-state index is 11.5. The molecule has 0 radical (unpaired) electrons. The number of hydrogen-bond donors (Lipinski definition) is 1. The Bertz CT molecular complexity index is 404. The SMILES string of the molecule is CCCC1(C(=O)O)CCN(C(C)c2ccsc2)C1. The van der Waals surface area contributed by atoms with Crippen LogP contribution in [0.5, 0.6) is 0 Å². The van der Waals surface area contributed by atoms with E-state index in [0.29, 0.717) is 12.6 Å². The molecule has 0 amide bonds. The van der Waals surface area contributed by atoms with E-state index in [2.05, 4.69) is 35.6 Å². The van der Waals surface area contributed by atoms with Crippen molar-refractivity contribution in [2.45, 2.75) is 39.2 Å². The van der Waals surface area contributed by atoms with Gasteiger partial charge in [-0.25, -0.2) is 0 Å². The molecule has 100 valence electrons. The molecule has 1 aromatic rings. The summed E-state index contributed by atoms with van der Waals surface area (Å²) in [5, 5.41) is 13.7. The van der Waals surface area contributed by atoms with Crippen LogP contribution in [0.4, 0.5) is 0 Å². The zero-order valence-corrected chi connectivity index (χ0v) is 11.9. The summed E-state index contributed by atoms with van der Waals surface area (Å²) >= 11 is 1.70. The molecule has 0 aliphatic carbocycles. The van der Waals surface area contributed by atoms with Crippen molar-refractivity contribution in [1.82, 2.24) is 4.90 Å². The topological polar surface area (TPSA) is 40.5 Å². The first-order valence-corrected chi connectivity index (χ1v) is 7.53. The minimum atomic E-state index is -0.621. The van der Waals surface area contributed by atoms with E-state index in [-0.39, 0.29) is 0 Å². The number of carbonyl (C=O) groups is 1. The number of rotatable bonds is 5. The summed E-state index contributed by atoms with van der Waals surface area (Å²) in [6.07, 6.45) is 2.51. The maximum Gasteiger partial charge on any atom is 0.310 e. The van der Waals surface area contributed by atoms with Crippen LogP contribution in [0.3, 0.4) is 0 Å². The molecule has 4 heteroatoms. The van der Waals surface area contributed by atoms with Crippen molar-refractivity contribution in [2.75, 3.05) is 13.1 Å². The molecule has 0 aromatic carbocycles. The van der Waals surface area contributed by atoms with Crippen molar-refractivity contribution in [3.8, 4) is 0 Å². The van der Waals surface area contributed by atoms with Crippen LogP contribution in [0.25, 0.3) is 0 Å². The molecule has 2 unspecified atom stereocenters. The fourth-order valence-corrected chi connectivity index (χ4v) is 3.67. The van der Waals surface area contributed by atoms with Gasteiger partial charge >= 0.3 is 5.97 Å². The van der Waals surface area contributed by atoms with Crippen molar-refractivity contribution in [3.63, 3.8) is 0 Å². The van der Waals surface area contributed by atoms with Crippen LogP contribution < -0.4 is 0 Å². The van der Waals surface area contributed by atoms with Gasteiger partial charge in [0.05, 0.1) is 5.41 Å². The number of carboxylic acid groups (broad SMARTS) is 1. The molecule has 3 nitrogen and oxygen atoms in total. The second kappa shape index (κ2) is 5.41. The Morgan fingerprint density at radius 2 is 2.44 bits per heavy atom. The number of hydrogen-bond acceptors (Lipinski definition) is 3. The standard InChI is InChI=1S/C14H21NO2S/c1-3-5-14(13(16)17)6-7-15(10-14)11(2)12-4-8-18-9-12/h4,8-9,11H,3,5-7,10H2,1-2H3,(H,16,17). The quantitative estimate of drug-likeness (QED) is 0.889. The summed E-state index contributed by atoms with van der Waals surface area (Å²) in [6, 6.07) is 2.46. The molecule has 1 N–H and O–H groups in total. The number of aliphatic carboxylic acids is 1. The Kier molecular flexibility index (Phi) is 4.07. The third kappa shape index (κ3) is 2.45. The molecule has 1 aliphatic heterocycles. The first-order chi connectivity index (χ1) is 8.59. The zero-order valence-electron chi connectivity index (χ0n) is 11.1. The molecule has 1 saturated heterocycles. The number of nitrogens with zero attached hydrogens (tertiary/aromatic N) is 1. The molecule has 1 aromatic heterocycles. The summed E-state index contributed by atoms with van der Waals surface area (Å²) in [6.45, 7) is 5.82. The highest BCUT2D eigenvalue weighted by Crippen LogP contribution is 2.39. The lowest BCUT2D eigenvalue weighted by atomic mass is 9.82. The summed E-state index contributed by atoms with van der Waals surface area (Å²) in [7, 11) is 0. The second-order valence-electron chi connectivity index (χ2n) is 5.29. The Labute approximate surface area is 112 Å². The smallest absolute Gasteiger partial charge is 0.310 e. The highest BCUT2D eigenvalue weighted by atomic mass is 32.1. The molecule has 2 rings (SSSR count). The summed E-state index contributed by atoms with van der Waals surface area (Å²) < 4.78 is 0. The van der Waals surface area contributed by atoms with Gasteiger partial charge in [0, 0.05) is 12.6 Å². The molecular formula is C14H21NO2S. The van der Waals surface area contributed by atoms with Gasteiger partial charge in [0.1, 0.15) is 0 Å². The van der Waals surface area contributed by atoms with Gasteiger partial charge in [-0.15, -0.1) is 0 Å². The van der Waals surface area contributed by atoms with E-state index in [1.165, 1.54) is 5.56 Å². The monoisotopic (exact) mass is 267 g/mol. The Morgan fingerprint density at radius 1 is 1.67 bits per heavy atom. The van der Waals surface area contributed by atoms with Crippen molar-refractivity contribution >= 4 is 17.3 Å². The average Bonchev–Trinajstić information content (AvgIpc) is 2.98. The van der Waals surface area contributed by atoms with E-state index in [1.54, 1.807) is 11.3 Å². The van der Waals surface area contributed by atoms with Gasteiger partial charge in [-0.2, -0.15) is 11.3 Å². The predicted octanol–water partition coefficient (Wildman–Crippen LogP) is 3.39. The molecule has 0 saturated carbocycles. The molecule has 18 heavy (non-hydrogen) atoms. The molecule has 0 spiro atoms. The van der Waals surface area contributed by atoms with Crippen LogP contribution in [0, 0.1) is 5.41 Å². The van der Waals surface area contributed by atoms with E-state index in [4.69, 9.17) is 0 Å². The summed E-state index contributed by atoms with van der Waals surface area (Å²) in [5.41, 5.74) is 0.789. The Morgan fingerprint density at radius 3 is 3.00 bits per heavy atom. The lowest BCUT2D eigenvalue weighted by Crippen LogP contribution is -2.35. The minimum Gasteiger partial charge on any atom is -0.481 e. The van der Waals surface area contributed by atoms with Gasteiger partial charge < -0.3 is 5.11 Å². The van der Waals surface area contributed by atoms with E-state index in [0.717, 1.165) is 25.8 Å². The number of carboxylic acids is 1. The fourth-order valence-electron chi connectivity index (χ4n) is 2.92. The Balaban J connectivity index is 2.09. The Hall–Kier alpha value is -0.870.